The molecule has 0 aliphatic rings. The van der Waals surface area contributed by atoms with Crippen molar-refractivity contribution < 1.29 is 48.8 Å². The molecule has 0 unspecified atom stereocenters. The Morgan fingerprint density at radius 1 is 1.00 bits per heavy atom. The summed E-state index contributed by atoms with van der Waals surface area (Å²) in [6.07, 6.45) is -13.9. The summed E-state index contributed by atoms with van der Waals surface area (Å²) in [7, 11) is 16.0. The molecule has 0 bridgehead atoms. The zero-order valence-corrected chi connectivity index (χ0v) is 15.1. The van der Waals surface area contributed by atoms with Crippen molar-refractivity contribution in [3.63, 3.8) is 0 Å². The molecule has 1 aromatic rings. The van der Waals surface area contributed by atoms with Crippen molar-refractivity contribution >= 4 is 58.4 Å². The van der Waals surface area contributed by atoms with Gasteiger partial charge in [0.2, 0.25) is 0 Å². The van der Waals surface area contributed by atoms with Gasteiger partial charge in [-0.05, 0) is 5.56 Å². The molecule has 0 amide bonds. The maximum Gasteiger partial charge on any atom is 0.438 e. The number of ether oxygens (including phenoxy) is 1. The molecule has 0 heterocycles. The first kappa shape index (κ1) is 25.5. The van der Waals surface area contributed by atoms with Crippen LogP contribution in [0.4, 0.5) is 26.3 Å². The third-order valence-corrected chi connectivity index (χ3v) is 4.59. The molecule has 0 spiro atoms. The van der Waals surface area contributed by atoms with Crippen LogP contribution in [0.25, 0.3) is 0 Å². The molecule has 8 radical (unpaired) electrons. The van der Waals surface area contributed by atoms with Crippen molar-refractivity contribution in [3.05, 3.63) is 22.8 Å². The van der Waals surface area contributed by atoms with E-state index in [1.165, 1.54) is 0 Å². The maximum absolute atomic E-state index is 13.3. The van der Waals surface area contributed by atoms with Crippen LogP contribution in [-0.2, 0) is 27.5 Å². The quantitative estimate of drug-likeness (QED) is 0.284. The molecule has 0 saturated heterocycles. The summed E-state index contributed by atoms with van der Waals surface area (Å²) < 4.78 is 114. The van der Waals surface area contributed by atoms with Crippen LogP contribution in [0.15, 0.2) is 6.07 Å². The van der Waals surface area contributed by atoms with Crippen molar-refractivity contribution in [1.82, 2.24) is 0 Å². The highest BCUT2D eigenvalue weighted by molar-refractivity contribution is 7.85. The van der Waals surface area contributed by atoms with Crippen molar-refractivity contribution in [2.75, 3.05) is 5.75 Å². The number of benzene rings is 1. The third kappa shape index (κ3) is 5.14. The van der Waals surface area contributed by atoms with Gasteiger partial charge in [0.15, 0.2) is 0 Å². The Labute approximate surface area is 166 Å². The summed E-state index contributed by atoms with van der Waals surface area (Å²) >= 11 is 0. The van der Waals surface area contributed by atoms with Gasteiger partial charge in [-0.25, -0.2) is 4.79 Å². The smallest absolute Gasteiger partial charge is 0.435 e. The van der Waals surface area contributed by atoms with E-state index in [-0.39, 0.29) is 22.8 Å². The summed E-state index contributed by atoms with van der Waals surface area (Å²) in [5.74, 6) is -5.30. The molecular formula is C13H8B4F6O5S. The predicted octanol–water partition coefficient (Wildman–Crippen LogP) is -0.481. The fraction of sp³-hybridized carbons (Fsp3) is 0.462. The van der Waals surface area contributed by atoms with Crippen LogP contribution in [0.1, 0.15) is 21.5 Å². The second-order valence-electron chi connectivity index (χ2n) is 5.73. The number of carbonyl (C=O) groups is 1. The minimum Gasteiger partial charge on any atom is -0.435 e. The monoisotopic (exact) mass is 434 g/mol. The van der Waals surface area contributed by atoms with Crippen LogP contribution in [0.2, 0.25) is 0 Å². The second-order valence-corrected chi connectivity index (χ2v) is 7.18. The van der Waals surface area contributed by atoms with E-state index in [4.69, 9.17) is 35.9 Å². The van der Waals surface area contributed by atoms with E-state index in [9.17, 15) is 39.6 Å². The van der Waals surface area contributed by atoms with Crippen LogP contribution < -0.4 is 10.9 Å². The van der Waals surface area contributed by atoms with Crippen molar-refractivity contribution in [1.29, 1.82) is 0 Å². The standard InChI is InChI=1S/C13H8B4F6O5S/c14-2-6-5(1-8(16)7(3-15)9(6)17)10(24)28-11(12(18,19)20,13(21,22)23)4-29(25,26)27/h1H,2-4H2,(H,25,26,27). The average molecular weight is 434 g/mol. The van der Waals surface area contributed by atoms with Gasteiger partial charge in [-0.1, -0.05) is 35.2 Å². The van der Waals surface area contributed by atoms with Crippen LogP contribution in [-0.4, -0.2) is 74.0 Å². The summed E-state index contributed by atoms with van der Waals surface area (Å²) in [4.78, 5) is 12.2. The predicted molar refractivity (Wildman–Crippen MR) is 92.8 cm³/mol. The normalized spacial score (nSPS) is 13.3. The van der Waals surface area contributed by atoms with Gasteiger partial charge in [0.1, 0.15) is 21.4 Å². The number of hydrogen-bond acceptors (Lipinski definition) is 4. The van der Waals surface area contributed by atoms with Crippen molar-refractivity contribution in [2.24, 2.45) is 0 Å². The van der Waals surface area contributed by atoms with Gasteiger partial charge in [0.25, 0.3) is 10.1 Å². The summed E-state index contributed by atoms with van der Waals surface area (Å²) in [5.41, 5.74) is -7.65. The van der Waals surface area contributed by atoms with E-state index in [2.05, 4.69) is 4.74 Å². The lowest BCUT2D eigenvalue weighted by atomic mass is 9.70. The molecule has 5 nitrogen and oxygen atoms in total. The van der Waals surface area contributed by atoms with E-state index in [0.717, 1.165) is 0 Å². The maximum atomic E-state index is 13.3. The summed E-state index contributed by atoms with van der Waals surface area (Å²) in [6, 6.07) is 0.647. The number of hydrogen-bond donors (Lipinski definition) is 1. The first-order valence-electron chi connectivity index (χ1n) is 7.33. The molecule has 16 heteroatoms. The Bertz CT molecular complexity index is 886. The highest BCUT2D eigenvalue weighted by Crippen LogP contribution is 2.47. The molecule has 0 aliphatic carbocycles. The highest BCUT2D eigenvalue weighted by atomic mass is 32.2. The number of carbonyl (C=O) groups excluding carboxylic acids is 1. The van der Waals surface area contributed by atoms with Gasteiger partial charge in [0, 0.05) is 0 Å². The molecule has 0 saturated carbocycles. The molecule has 1 aromatic carbocycles. The largest absolute Gasteiger partial charge is 0.438 e. The van der Waals surface area contributed by atoms with E-state index >= 15 is 0 Å². The Kier molecular flexibility index (Phi) is 7.28. The minimum atomic E-state index is -6.48. The van der Waals surface area contributed by atoms with Gasteiger partial charge in [-0.2, -0.15) is 34.8 Å². The summed E-state index contributed by atoms with van der Waals surface area (Å²) in [5, 5.41) is 0. The third-order valence-electron chi connectivity index (χ3n) is 3.82. The lowest BCUT2D eigenvalue weighted by Crippen LogP contribution is -2.63. The number of rotatable bonds is 6. The van der Waals surface area contributed by atoms with Crippen molar-refractivity contribution in [3.8, 4) is 0 Å². The van der Waals surface area contributed by atoms with E-state index in [1.54, 1.807) is 0 Å². The average Bonchev–Trinajstić information content (AvgIpc) is 2.50. The Morgan fingerprint density at radius 3 is 1.79 bits per heavy atom. The molecule has 150 valence electrons. The Balaban J connectivity index is 3.70. The molecule has 0 aromatic heterocycles. The van der Waals surface area contributed by atoms with Crippen LogP contribution in [0, 0.1) is 0 Å². The fourth-order valence-electron chi connectivity index (χ4n) is 2.38. The number of alkyl halides is 6. The van der Waals surface area contributed by atoms with Gasteiger partial charge >= 0.3 is 23.9 Å². The van der Waals surface area contributed by atoms with E-state index in [0.29, 0.717) is 6.07 Å². The van der Waals surface area contributed by atoms with Gasteiger partial charge < -0.3 is 4.74 Å². The van der Waals surface area contributed by atoms with Crippen LogP contribution >= 0.6 is 0 Å². The minimum absolute atomic E-state index is 0.0258. The van der Waals surface area contributed by atoms with Gasteiger partial charge in [0.05, 0.1) is 21.3 Å². The van der Waals surface area contributed by atoms with Gasteiger partial charge in [-0.3, -0.25) is 4.55 Å². The van der Waals surface area contributed by atoms with E-state index in [1.807, 2.05) is 0 Å². The molecule has 29 heavy (non-hydrogen) atoms. The zero-order valence-electron chi connectivity index (χ0n) is 14.3. The molecule has 0 fully saturated rings. The molecular weight excluding hydrogens is 425 g/mol. The number of esters is 1. The van der Waals surface area contributed by atoms with Crippen LogP contribution in [0.3, 0.4) is 0 Å². The second kappa shape index (κ2) is 8.29. The number of halogens is 6. The van der Waals surface area contributed by atoms with Gasteiger partial charge in [-0.15, -0.1) is 0 Å². The molecule has 1 rings (SSSR count). The molecule has 1 N–H and O–H groups in total. The highest BCUT2D eigenvalue weighted by Gasteiger charge is 2.76. The lowest BCUT2D eigenvalue weighted by molar-refractivity contribution is -0.356. The van der Waals surface area contributed by atoms with Crippen LogP contribution in [0.5, 0.6) is 0 Å². The van der Waals surface area contributed by atoms with Crippen molar-refractivity contribution in [2.45, 2.75) is 30.6 Å². The molecule has 0 atom stereocenters. The first-order chi connectivity index (χ1) is 12.9. The lowest BCUT2D eigenvalue weighted by Gasteiger charge is -2.35. The Morgan fingerprint density at radius 2 is 1.45 bits per heavy atom. The fourth-order valence-corrected chi connectivity index (χ4v) is 3.28. The topological polar surface area (TPSA) is 80.7 Å². The SMILES string of the molecule is [B]Cc1c([B])cc(C(=O)OC(CS(=O)(=O)O)(C(F)(F)F)C(F)(F)F)c(C[B])c1[B]. The molecule has 0 aliphatic heterocycles. The Hall–Kier alpha value is -1.56. The van der Waals surface area contributed by atoms with E-state index < -0.39 is 57.2 Å². The summed E-state index contributed by atoms with van der Waals surface area (Å²) in [6.45, 7) is 0. The zero-order chi connectivity index (χ0) is 23.0. The first-order valence-corrected chi connectivity index (χ1v) is 8.94.